The minimum Gasteiger partial charge on any atom is -0.337 e. The molecule has 0 bridgehead atoms. The number of hydrogen-bond acceptors (Lipinski definition) is 2. The molecule has 1 aliphatic rings. The molecular weight excluding hydrogens is 348 g/mol. The van der Waals surface area contributed by atoms with Gasteiger partial charge in [0.25, 0.3) is 5.91 Å². The van der Waals surface area contributed by atoms with Crippen molar-refractivity contribution in [2.75, 3.05) is 19.0 Å². The first-order chi connectivity index (χ1) is 13.2. The highest BCUT2D eigenvalue weighted by molar-refractivity contribution is 6.05. The fraction of sp³-hybridized carbons (Fsp3) is 0.417. The van der Waals surface area contributed by atoms with Crippen molar-refractivity contribution in [3.8, 4) is 0 Å². The van der Waals surface area contributed by atoms with E-state index in [0.717, 1.165) is 18.4 Å². The summed E-state index contributed by atoms with van der Waals surface area (Å²) in [6.45, 7) is 7.09. The summed E-state index contributed by atoms with van der Waals surface area (Å²) in [5.74, 6) is 0.138. The van der Waals surface area contributed by atoms with Gasteiger partial charge in [-0.1, -0.05) is 57.2 Å². The van der Waals surface area contributed by atoms with Gasteiger partial charge in [0.15, 0.2) is 0 Å². The molecule has 4 heteroatoms. The van der Waals surface area contributed by atoms with Crippen LogP contribution in [0.3, 0.4) is 0 Å². The number of para-hydroxylation sites is 1. The van der Waals surface area contributed by atoms with Crippen LogP contribution in [0.4, 0.5) is 5.69 Å². The SMILES string of the molecule is CN(Cc1ccc(C(C)(C)C)cc1)C(=O)c1ccccc1N(C)C(=O)C1CC1. The third-order valence-corrected chi connectivity index (χ3v) is 5.34. The zero-order valence-electron chi connectivity index (χ0n) is 17.5. The molecule has 2 aromatic carbocycles. The number of benzene rings is 2. The Balaban J connectivity index is 1.75. The number of carbonyl (C=O) groups is 2. The summed E-state index contributed by atoms with van der Waals surface area (Å²) in [7, 11) is 3.57. The number of hydrogen-bond donors (Lipinski definition) is 0. The highest BCUT2D eigenvalue weighted by Crippen LogP contribution is 2.33. The number of anilines is 1. The molecule has 0 aliphatic heterocycles. The molecule has 2 aromatic rings. The van der Waals surface area contributed by atoms with E-state index in [-0.39, 0.29) is 23.1 Å². The van der Waals surface area contributed by atoms with Gasteiger partial charge in [0.1, 0.15) is 0 Å². The van der Waals surface area contributed by atoms with Crippen LogP contribution in [0.15, 0.2) is 48.5 Å². The molecule has 0 atom stereocenters. The van der Waals surface area contributed by atoms with Crippen molar-refractivity contribution < 1.29 is 9.59 Å². The van der Waals surface area contributed by atoms with Gasteiger partial charge in [-0.05, 0) is 41.5 Å². The lowest BCUT2D eigenvalue weighted by Crippen LogP contribution is -2.32. The maximum Gasteiger partial charge on any atom is 0.256 e. The molecule has 1 aliphatic carbocycles. The van der Waals surface area contributed by atoms with Crippen molar-refractivity contribution in [3.05, 3.63) is 65.2 Å². The van der Waals surface area contributed by atoms with Crippen molar-refractivity contribution >= 4 is 17.5 Å². The van der Waals surface area contributed by atoms with Gasteiger partial charge in [-0.15, -0.1) is 0 Å². The van der Waals surface area contributed by atoms with E-state index in [1.165, 1.54) is 5.56 Å². The first-order valence-electron chi connectivity index (χ1n) is 9.90. The Kier molecular flexibility index (Phi) is 5.59. The predicted molar refractivity (Wildman–Crippen MR) is 114 cm³/mol. The number of carbonyl (C=O) groups excluding carboxylic acids is 2. The second-order valence-corrected chi connectivity index (χ2v) is 8.80. The lowest BCUT2D eigenvalue weighted by Gasteiger charge is -2.24. The normalized spacial score (nSPS) is 13.9. The van der Waals surface area contributed by atoms with E-state index in [4.69, 9.17) is 0 Å². The van der Waals surface area contributed by atoms with Crippen molar-refractivity contribution in [3.63, 3.8) is 0 Å². The summed E-state index contributed by atoms with van der Waals surface area (Å²) in [6.07, 6.45) is 1.90. The fourth-order valence-electron chi connectivity index (χ4n) is 3.33. The van der Waals surface area contributed by atoms with E-state index in [1.54, 1.807) is 30.0 Å². The van der Waals surface area contributed by atoms with Gasteiger partial charge in [0, 0.05) is 26.6 Å². The van der Waals surface area contributed by atoms with Gasteiger partial charge in [-0.3, -0.25) is 9.59 Å². The standard InChI is InChI=1S/C24H30N2O2/c1-24(2,3)19-14-10-17(11-15-19)16-25(4)23(28)20-8-6-7-9-21(20)26(5)22(27)18-12-13-18/h6-11,14-15,18H,12-13,16H2,1-5H3. The Morgan fingerprint density at radius 1 is 0.964 bits per heavy atom. The average molecular weight is 379 g/mol. The average Bonchev–Trinajstić information content (AvgIpc) is 3.51. The monoisotopic (exact) mass is 378 g/mol. The highest BCUT2D eigenvalue weighted by atomic mass is 16.2. The van der Waals surface area contributed by atoms with Crippen LogP contribution < -0.4 is 4.90 Å². The van der Waals surface area contributed by atoms with Crippen LogP contribution in [0.1, 0.15) is 55.1 Å². The summed E-state index contributed by atoms with van der Waals surface area (Å²) in [5, 5.41) is 0. The second kappa shape index (κ2) is 7.78. The molecule has 1 fully saturated rings. The maximum atomic E-state index is 13.1. The Morgan fingerprint density at radius 2 is 1.57 bits per heavy atom. The largest absolute Gasteiger partial charge is 0.337 e. The Morgan fingerprint density at radius 3 is 2.14 bits per heavy atom. The molecule has 0 aromatic heterocycles. The summed E-state index contributed by atoms with van der Waals surface area (Å²) >= 11 is 0. The molecule has 2 amide bonds. The van der Waals surface area contributed by atoms with Gasteiger partial charge >= 0.3 is 0 Å². The van der Waals surface area contributed by atoms with Crippen LogP contribution >= 0.6 is 0 Å². The van der Waals surface area contributed by atoms with Crippen molar-refractivity contribution in [1.29, 1.82) is 0 Å². The fourth-order valence-corrected chi connectivity index (χ4v) is 3.33. The van der Waals surface area contributed by atoms with Crippen LogP contribution in [0.25, 0.3) is 0 Å². The van der Waals surface area contributed by atoms with E-state index in [0.29, 0.717) is 17.8 Å². The molecule has 0 saturated heterocycles. The summed E-state index contributed by atoms with van der Waals surface area (Å²) in [4.78, 5) is 28.9. The molecule has 3 rings (SSSR count). The van der Waals surface area contributed by atoms with Crippen LogP contribution in [-0.4, -0.2) is 30.8 Å². The molecule has 0 spiro atoms. The van der Waals surface area contributed by atoms with Gasteiger partial charge in [0.05, 0.1) is 11.3 Å². The third kappa shape index (κ3) is 4.44. The molecule has 0 N–H and O–H groups in total. The zero-order chi connectivity index (χ0) is 20.5. The van der Waals surface area contributed by atoms with E-state index < -0.39 is 0 Å². The maximum absolute atomic E-state index is 13.1. The van der Waals surface area contributed by atoms with E-state index in [1.807, 2.05) is 18.2 Å². The second-order valence-electron chi connectivity index (χ2n) is 8.80. The van der Waals surface area contributed by atoms with Crippen LogP contribution in [0, 0.1) is 5.92 Å². The van der Waals surface area contributed by atoms with Gasteiger partial charge in [-0.25, -0.2) is 0 Å². The Bertz CT molecular complexity index is 861. The van der Waals surface area contributed by atoms with E-state index in [9.17, 15) is 9.59 Å². The quantitative estimate of drug-likeness (QED) is 0.761. The van der Waals surface area contributed by atoms with Crippen molar-refractivity contribution in [2.45, 2.75) is 45.6 Å². The Hall–Kier alpha value is -2.62. The number of amides is 2. The molecule has 4 nitrogen and oxygen atoms in total. The van der Waals surface area contributed by atoms with Gasteiger partial charge in [-0.2, -0.15) is 0 Å². The van der Waals surface area contributed by atoms with Crippen molar-refractivity contribution in [2.24, 2.45) is 5.92 Å². The van der Waals surface area contributed by atoms with Crippen molar-refractivity contribution in [1.82, 2.24) is 4.90 Å². The van der Waals surface area contributed by atoms with E-state index in [2.05, 4.69) is 45.0 Å². The predicted octanol–water partition coefficient (Wildman–Crippen LogP) is 4.63. The number of nitrogens with zero attached hydrogens (tertiary/aromatic N) is 2. The van der Waals surface area contributed by atoms with Crippen LogP contribution in [0.5, 0.6) is 0 Å². The summed E-state index contributed by atoms with van der Waals surface area (Å²) < 4.78 is 0. The lowest BCUT2D eigenvalue weighted by atomic mass is 9.87. The third-order valence-electron chi connectivity index (χ3n) is 5.34. The molecule has 148 valence electrons. The molecular formula is C24H30N2O2. The Labute approximate surface area is 168 Å². The van der Waals surface area contributed by atoms with Crippen LogP contribution in [-0.2, 0) is 16.8 Å². The smallest absolute Gasteiger partial charge is 0.256 e. The van der Waals surface area contributed by atoms with Crippen LogP contribution in [0.2, 0.25) is 0 Å². The minimum absolute atomic E-state index is 0.0778. The first kappa shape index (κ1) is 20.1. The summed E-state index contributed by atoms with van der Waals surface area (Å²) in [5.41, 5.74) is 3.71. The highest BCUT2D eigenvalue weighted by Gasteiger charge is 2.33. The van der Waals surface area contributed by atoms with Gasteiger partial charge in [0.2, 0.25) is 5.91 Å². The molecule has 28 heavy (non-hydrogen) atoms. The summed E-state index contributed by atoms with van der Waals surface area (Å²) in [6, 6.07) is 15.8. The lowest BCUT2D eigenvalue weighted by molar-refractivity contribution is -0.119. The molecule has 0 radical (unpaired) electrons. The molecule has 0 unspecified atom stereocenters. The number of rotatable bonds is 5. The first-order valence-corrected chi connectivity index (χ1v) is 9.90. The minimum atomic E-state index is -0.0778. The topological polar surface area (TPSA) is 40.6 Å². The molecule has 0 heterocycles. The zero-order valence-corrected chi connectivity index (χ0v) is 17.5. The molecule has 1 saturated carbocycles. The van der Waals surface area contributed by atoms with E-state index >= 15 is 0 Å². The van der Waals surface area contributed by atoms with Gasteiger partial charge < -0.3 is 9.80 Å².